The number of halogens is 1. The van der Waals surface area contributed by atoms with Gasteiger partial charge >= 0.3 is 5.97 Å². The van der Waals surface area contributed by atoms with Crippen molar-refractivity contribution in [3.63, 3.8) is 0 Å². The topological polar surface area (TPSA) is 105 Å². The molecule has 3 aromatic rings. The van der Waals surface area contributed by atoms with E-state index in [2.05, 4.69) is 4.98 Å². The largest absolute Gasteiger partial charge is 0.489 e. The smallest absolute Gasteiger partial charge is 0.358 e. The number of carbonyl (C=O) groups excluding carboxylic acids is 1. The normalized spacial score (nSPS) is 11.6. The molecule has 1 heterocycles. The van der Waals surface area contributed by atoms with Crippen LogP contribution in [0, 0.1) is 0 Å². The zero-order valence-electron chi connectivity index (χ0n) is 19.4. The number of anilines is 1. The van der Waals surface area contributed by atoms with Gasteiger partial charge in [-0.15, -0.1) is 0 Å². The van der Waals surface area contributed by atoms with E-state index in [4.69, 9.17) is 16.3 Å². The van der Waals surface area contributed by atoms with Gasteiger partial charge in [0.25, 0.3) is 11.5 Å². The van der Waals surface area contributed by atoms with E-state index in [1.807, 2.05) is 30.3 Å². The lowest BCUT2D eigenvalue weighted by molar-refractivity contribution is 0.0685. The highest BCUT2D eigenvalue weighted by Gasteiger charge is 2.28. The van der Waals surface area contributed by atoms with Crippen molar-refractivity contribution in [1.82, 2.24) is 14.5 Å². The number of hydrogen-bond donors (Lipinski definition) is 1. The van der Waals surface area contributed by atoms with Crippen LogP contribution in [-0.4, -0.2) is 59.7 Å². The average molecular weight is 485 g/mol. The molecule has 0 fully saturated rings. The molecule has 0 spiro atoms. The highest BCUT2D eigenvalue weighted by molar-refractivity contribution is 6.31. The zero-order valence-corrected chi connectivity index (χ0v) is 20.2. The number of hydrogen-bond acceptors (Lipinski definition) is 6. The van der Waals surface area contributed by atoms with Crippen LogP contribution in [0.4, 0.5) is 5.95 Å². The first-order chi connectivity index (χ1) is 16.1. The number of amides is 1. The molecule has 1 atom stereocenters. The molecule has 178 valence electrons. The minimum absolute atomic E-state index is 0.0987. The van der Waals surface area contributed by atoms with Crippen LogP contribution in [0.25, 0.3) is 0 Å². The van der Waals surface area contributed by atoms with Crippen molar-refractivity contribution < 1.29 is 19.4 Å². The lowest BCUT2D eigenvalue weighted by Gasteiger charge is -2.32. The Morgan fingerprint density at radius 2 is 1.76 bits per heavy atom. The highest BCUT2D eigenvalue weighted by atomic mass is 35.5. The second kappa shape index (κ2) is 9.96. The molecule has 0 bridgehead atoms. The molecule has 0 aliphatic heterocycles. The Morgan fingerprint density at radius 3 is 2.29 bits per heavy atom. The quantitative estimate of drug-likeness (QED) is 0.549. The van der Waals surface area contributed by atoms with Gasteiger partial charge in [0.2, 0.25) is 11.7 Å². The third kappa shape index (κ3) is 4.60. The standard InChI is InChI=1S/C24H25ClN4O5/c1-27(2)21(30)15-11-12-16(17(25)13-15)19(14-9-7-6-8-10-14)28(3)24-26-18(23(32)33)20(34-5)22(31)29(24)4/h6-13,19H,1-5H3,(H,32,33). The SMILES string of the molecule is COc1c(C(=O)O)nc(N(C)C(c2ccccc2)c2ccc(C(=O)N(C)C)cc2Cl)n(C)c1=O. The molecule has 1 amide bonds. The van der Waals surface area contributed by atoms with Crippen molar-refractivity contribution in [2.24, 2.45) is 7.05 Å². The van der Waals surface area contributed by atoms with Crippen molar-refractivity contribution in [2.45, 2.75) is 6.04 Å². The van der Waals surface area contributed by atoms with Crippen LogP contribution >= 0.6 is 11.6 Å². The zero-order chi connectivity index (χ0) is 25.2. The fraction of sp³-hybridized carbons (Fsp3) is 0.250. The third-order valence-electron chi connectivity index (χ3n) is 5.40. The number of methoxy groups -OCH3 is 1. The van der Waals surface area contributed by atoms with Crippen LogP contribution in [0.15, 0.2) is 53.3 Å². The van der Waals surface area contributed by atoms with Gasteiger partial charge in [-0.05, 0) is 23.3 Å². The maximum absolute atomic E-state index is 12.8. The van der Waals surface area contributed by atoms with Gasteiger partial charge in [-0.3, -0.25) is 14.2 Å². The monoisotopic (exact) mass is 484 g/mol. The Bertz CT molecular complexity index is 1290. The van der Waals surface area contributed by atoms with Crippen LogP contribution in [0.2, 0.25) is 5.02 Å². The molecule has 0 saturated carbocycles. The molecule has 1 unspecified atom stereocenters. The molecule has 1 aromatic heterocycles. The molecular formula is C24H25ClN4O5. The first-order valence-corrected chi connectivity index (χ1v) is 10.6. The van der Waals surface area contributed by atoms with E-state index in [9.17, 15) is 19.5 Å². The third-order valence-corrected chi connectivity index (χ3v) is 5.73. The van der Waals surface area contributed by atoms with E-state index in [0.29, 0.717) is 16.1 Å². The minimum Gasteiger partial charge on any atom is -0.489 e. The Hall–Kier alpha value is -3.85. The van der Waals surface area contributed by atoms with E-state index in [1.165, 1.54) is 23.6 Å². The van der Waals surface area contributed by atoms with E-state index in [1.54, 1.807) is 44.2 Å². The van der Waals surface area contributed by atoms with Crippen LogP contribution in [0.1, 0.15) is 38.0 Å². The minimum atomic E-state index is -1.38. The summed E-state index contributed by atoms with van der Waals surface area (Å²) in [7, 11) is 7.70. The predicted molar refractivity (Wildman–Crippen MR) is 129 cm³/mol. The van der Waals surface area contributed by atoms with Crippen molar-refractivity contribution in [2.75, 3.05) is 33.2 Å². The van der Waals surface area contributed by atoms with Crippen LogP contribution in [0.3, 0.4) is 0 Å². The summed E-state index contributed by atoms with van der Waals surface area (Å²) in [4.78, 5) is 44.4. The summed E-state index contributed by atoms with van der Waals surface area (Å²) in [6, 6.07) is 13.8. The number of nitrogens with zero attached hydrogens (tertiary/aromatic N) is 4. The maximum atomic E-state index is 12.8. The van der Waals surface area contributed by atoms with Gasteiger partial charge in [0, 0.05) is 38.8 Å². The number of carboxylic acid groups (broad SMARTS) is 1. The molecule has 9 nitrogen and oxygen atoms in total. The number of benzene rings is 2. The summed E-state index contributed by atoms with van der Waals surface area (Å²) in [6.07, 6.45) is 0. The fourth-order valence-corrected chi connectivity index (χ4v) is 4.00. The van der Waals surface area contributed by atoms with E-state index in [0.717, 1.165) is 5.56 Å². The molecule has 3 rings (SSSR count). The fourth-order valence-electron chi connectivity index (χ4n) is 3.72. The molecule has 2 aromatic carbocycles. The Balaban J connectivity index is 2.22. The summed E-state index contributed by atoms with van der Waals surface area (Å²) >= 11 is 6.65. The predicted octanol–water partition coefficient (Wildman–Crippen LogP) is 3.07. The van der Waals surface area contributed by atoms with E-state index in [-0.39, 0.29) is 17.6 Å². The summed E-state index contributed by atoms with van der Waals surface area (Å²) in [5.74, 6) is -1.83. The molecule has 34 heavy (non-hydrogen) atoms. The summed E-state index contributed by atoms with van der Waals surface area (Å²) in [5, 5.41) is 9.93. The van der Waals surface area contributed by atoms with Crippen molar-refractivity contribution in [1.29, 1.82) is 0 Å². The summed E-state index contributed by atoms with van der Waals surface area (Å²) in [6.45, 7) is 0. The van der Waals surface area contributed by atoms with Gasteiger partial charge in [0.1, 0.15) is 0 Å². The Morgan fingerprint density at radius 1 is 1.12 bits per heavy atom. The van der Waals surface area contributed by atoms with Crippen molar-refractivity contribution in [3.05, 3.63) is 86.3 Å². The highest BCUT2D eigenvalue weighted by Crippen LogP contribution is 2.35. The maximum Gasteiger partial charge on any atom is 0.358 e. The van der Waals surface area contributed by atoms with Crippen LogP contribution in [0.5, 0.6) is 5.75 Å². The van der Waals surface area contributed by atoms with Gasteiger partial charge in [-0.1, -0.05) is 48.0 Å². The first-order valence-electron chi connectivity index (χ1n) is 10.3. The molecule has 10 heteroatoms. The van der Waals surface area contributed by atoms with E-state index < -0.39 is 23.3 Å². The van der Waals surface area contributed by atoms with Crippen LogP contribution < -0.4 is 15.2 Å². The van der Waals surface area contributed by atoms with Gasteiger partial charge in [-0.25, -0.2) is 9.78 Å². The second-order valence-corrected chi connectivity index (χ2v) is 8.23. The molecular weight excluding hydrogens is 460 g/mol. The van der Waals surface area contributed by atoms with Gasteiger partial charge in [0.15, 0.2) is 5.69 Å². The van der Waals surface area contributed by atoms with Gasteiger partial charge in [0.05, 0.1) is 13.2 Å². The number of rotatable bonds is 7. The molecule has 0 aliphatic rings. The number of carbonyl (C=O) groups is 2. The summed E-state index contributed by atoms with van der Waals surface area (Å²) < 4.78 is 6.23. The molecule has 1 N–H and O–H groups in total. The second-order valence-electron chi connectivity index (χ2n) is 7.82. The number of aromatic carboxylic acids is 1. The first kappa shape index (κ1) is 24.8. The lowest BCUT2D eigenvalue weighted by Crippen LogP contribution is -2.34. The average Bonchev–Trinajstić information content (AvgIpc) is 2.81. The van der Waals surface area contributed by atoms with Crippen molar-refractivity contribution >= 4 is 29.4 Å². The molecule has 0 aliphatic carbocycles. The number of ether oxygens (including phenoxy) is 1. The molecule has 0 saturated heterocycles. The lowest BCUT2D eigenvalue weighted by atomic mass is 9.96. The number of aromatic nitrogens is 2. The van der Waals surface area contributed by atoms with Gasteiger partial charge in [-0.2, -0.15) is 0 Å². The van der Waals surface area contributed by atoms with Gasteiger partial charge < -0.3 is 19.6 Å². The van der Waals surface area contributed by atoms with Crippen LogP contribution in [-0.2, 0) is 7.05 Å². The number of carboxylic acids is 1. The van der Waals surface area contributed by atoms with E-state index >= 15 is 0 Å². The van der Waals surface area contributed by atoms with Crippen molar-refractivity contribution in [3.8, 4) is 5.75 Å². The Kier molecular flexibility index (Phi) is 7.26. The molecule has 0 radical (unpaired) electrons. The summed E-state index contributed by atoms with van der Waals surface area (Å²) in [5.41, 5.74) is 0.767. The Labute approximate surface area is 201 Å².